The number of guanidine groups is 1. The van der Waals surface area contributed by atoms with E-state index in [2.05, 4.69) is 35.9 Å². The standard InChI is InChI=1S/C18H25N9.HI/c1-13-21-15-9-8-14(12-27(15)25-13)22-18(19-2)20-10-5-7-17-24-23-16-6-3-4-11-26(16)17;/h3-4,6,11,14H,5,7-10,12H2,1-2H3,(H2,19,20,22);1H. The second kappa shape index (κ2) is 9.30. The van der Waals surface area contributed by atoms with Crippen molar-refractivity contribution in [3.8, 4) is 0 Å². The molecule has 28 heavy (non-hydrogen) atoms. The molecule has 9 nitrogen and oxygen atoms in total. The summed E-state index contributed by atoms with van der Waals surface area (Å²) in [5.74, 6) is 3.73. The van der Waals surface area contributed by atoms with Gasteiger partial charge in [0, 0.05) is 38.7 Å². The van der Waals surface area contributed by atoms with Crippen LogP contribution < -0.4 is 10.6 Å². The van der Waals surface area contributed by atoms with E-state index in [0.29, 0.717) is 6.04 Å². The van der Waals surface area contributed by atoms with Crippen LogP contribution in [0.5, 0.6) is 0 Å². The highest BCUT2D eigenvalue weighted by Gasteiger charge is 2.21. The monoisotopic (exact) mass is 495 g/mol. The molecule has 0 saturated heterocycles. The summed E-state index contributed by atoms with van der Waals surface area (Å²) >= 11 is 0. The predicted octanol–water partition coefficient (Wildman–Crippen LogP) is 1.36. The number of nitrogens with zero attached hydrogens (tertiary/aromatic N) is 7. The van der Waals surface area contributed by atoms with Crippen LogP contribution in [-0.2, 0) is 19.4 Å². The Morgan fingerprint density at radius 3 is 3.07 bits per heavy atom. The highest BCUT2D eigenvalue weighted by Crippen LogP contribution is 2.12. The number of aryl methyl sites for hydroxylation is 3. The summed E-state index contributed by atoms with van der Waals surface area (Å²) in [5.41, 5.74) is 0.887. The Labute approximate surface area is 181 Å². The van der Waals surface area contributed by atoms with Gasteiger partial charge in [0.05, 0.1) is 6.54 Å². The molecule has 3 aromatic rings. The van der Waals surface area contributed by atoms with Gasteiger partial charge in [0.25, 0.3) is 0 Å². The molecule has 0 aliphatic carbocycles. The number of nitrogens with one attached hydrogen (secondary N) is 2. The van der Waals surface area contributed by atoms with Gasteiger partial charge < -0.3 is 10.6 Å². The molecule has 0 bridgehead atoms. The minimum atomic E-state index is 0. The zero-order valence-electron chi connectivity index (χ0n) is 16.2. The first-order chi connectivity index (χ1) is 13.2. The highest BCUT2D eigenvalue weighted by molar-refractivity contribution is 14.0. The maximum absolute atomic E-state index is 4.46. The van der Waals surface area contributed by atoms with Crippen LogP contribution in [0.1, 0.15) is 30.3 Å². The van der Waals surface area contributed by atoms with E-state index in [0.717, 1.165) is 67.9 Å². The Morgan fingerprint density at radius 1 is 1.32 bits per heavy atom. The zero-order valence-corrected chi connectivity index (χ0v) is 18.5. The molecule has 1 atom stereocenters. The number of fused-ring (bicyclic) bond motifs is 2. The fourth-order valence-electron chi connectivity index (χ4n) is 3.45. The smallest absolute Gasteiger partial charge is 0.191 e. The number of rotatable bonds is 5. The van der Waals surface area contributed by atoms with Crippen LogP contribution in [-0.4, -0.2) is 55.0 Å². The van der Waals surface area contributed by atoms with E-state index in [1.807, 2.05) is 40.4 Å². The minimum absolute atomic E-state index is 0. The average Bonchev–Trinajstić information content (AvgIpc) is 3.26. The Bertz CT molecular complexity index is 946. The predicted molar refractivity (Wildman–Crippen MR) is 118 cm³/mol. The molecule has 4 heterocycles. The van der Waals surface area contributed by atoms with Crippen molar-refractivity contribution < 1.29 is 0 Å². The van der Waals surface area contributed by atoms with E-state index < -0.39 is 0 Å². The lowest BCUT2D eigenvalue weighted by atomic mass is 10.1. The third-order valence-corrected chi connectivity index (χ3v) is 4.78. The molecule has 1 aliphatic heterocycles. The van der Waals surface area contributed by atoms with Crippen LogP contribution in [0.25, 0.3) is 5.65 Å². The fourth-order valence-corrected chi connectivity index (χ4v) is 3.45. The number of pyridine rings is 1. The maximum Gasteiger partial charge on any atom is 0.191 e. The first-order valence-corrected chi connectivity index (χ1v) is 9.39. The molecule has 1 aliphatic rings. The molecule has 4 rings (SSSR count). The van der Waals surface area contributed by atoms with Gasteiger partial charge in [-0.15, -0.1) is 34.2 Å². The Balaban J connectivity index is 0.00000225. The van der Waals surface area contributed by atoms with Crippen molar-refractivity contribution in [1.82, 2.24) is 40.0 Å². The third kappa shape index (κ3) is 4.59. The molecule has 0 spiro atoms. The molecule has 0 radical (unpaired) electrons. The molecule has 1 unspecified atom stereocenters. The van der Waals surface area contributed by atoms with E-state index in [-0.39, 0.29) is 24.0 Å². The molecule has 3 aromatic heterocycles. The number of hydrogen-bond acceptors (Lipinski definition) is 5. The van der Waals surface area contributed by atoms with Gasteiger partial charge in [0.1, 0.15) is 17.5 Å². The molecule has 150 valence electrons. The lowest BCUT2D eigenvalue weighted by molar-refractivity contribution is 0.392. The topological polar surface area (TPSA) is 97.3 Å². The summed E-state index contributed by atoms with van der Waals surface area (Å²) in [6.07, 6.45) is 5.79. The van der Waals surface area contributed by atoms with E-state index in [1.54, 1.807) is 7.05 Å². The van der Waals surface area contributed by atoms with Gasteiger partial charge in [-0.1, -0.05) is 6.07 Å². The van der Waals surface area contributed by atoms with Crippen molar-refractivity contribution in [1.29, 1.82) is 0 Å². The summed E-state index contributed by atoms with van der Waals surface area (Å²) < 4.78 is 4.03. The lowest BCUT2D eigenvalue weighted by Crippen LogP contribution is -2.47. The van der Waals surface area contributed by atoms with Crippen molar-refractivity contribution in [2.45, 2.75) is 45.2 Å². The second-order valence-electron chi connectivity index (χ2n) is 6.78. The fraction of sp³-hybridized carbons (Fsp3) is 0.500. The van der Waals surface area contributed by atoms with Gasteiger partial charge in [0.15, 0.2) is 11.6 Å². The van der Waals surface area contributed by atoms with Crippen LogP contribution in [0.15, 0.2) is 29.4 Å². The number of aliphatic imine (C=N–C) groups is 1. The highest BCUT2D eigenvalue weighted by atomic mass is 127. The van der Waals surface area contributed by atoms with E-state index in [4.69, 9.17) is 0 Å². The molecule has 0 saturated carbocycles. The first kappa shape index (κ1) is 20.5. The molecule has 10 heteroatoms. The SMILES string of the molecule is CN=C(NCCCc1nnc2ccccn12)NC1CCc2nc(C)nn2C1.I. The lowest BCUT2D eigenvalue weighted by Gasteiger charge is -2.25. The minimum Gasteiger partial charge on any atom is -0.356 e. The van der Waals surface area contributed by atoms with Crippen LogP contribution >= 0.6 is 24.0 Å². The second-order valence-corrected chi connectivity index (χ2v) is 6.78. The van der Waals surface area contributed by atoms with Crippen molar-refractivity contribution in [3.05, 3.63) is 41.9 Å². The number of aromatic nitrogens is 6. The quantitative estimate of drug-likeness (QED) is 0.240. The molecular formula is C18H26IN9. The van der Waals surface area contributed by atoms with E-state index >= 15 is 0 Å². The van der Waals surface area contributed by atoms with Crippen molar-refractivity contribution in [2.24, 2.45) is 4.99 Å². The maximum atomic E-state index is 4.46. The first-order valence-electron chi connectivity index (χ1n) is 9.39. The van der Waals surface area contributed by atoms with Gasteiger partial charge in [0.2, 0.25) is 0 Å². The van der Waals surface area contributed by atoms with E-state index in [9.17, 15) is 0 Å². The van der Waals surface area contributed by atoms with Gasteiger partial charge >= 0.3 is 0 Å². The molecule has 0 aromatic carbocycles. The summed E-state index contributed by atoms with van der Waals surface area (Å²) in [6.45, 7) is 3.58. The van der Waals surface area contributed by atoms with Crippen LogP contribution in [0.3, 0.4) is 0 Å². The third-order valence-electron chi connectivity index (χ3n) is 4.78. The van der Waals surface area contributed by atoms with Crippen molar-refractivity contribution in [3.63, 3.8) is 0 Å². The zero-order chi connectivity index (χ0) is 18.6. The van der Waals surface area contributed by atoms with Gasteiger partial charge in [-0.05, 0) is 31.9 Å². The Kier molecular flexibility index (Phi) is 6.81. The number of hydrogen-bond donors (Lipinski definition) is 2. The molecule has 0 amide bonds. The summed E-state index contributed by atoms with van der Waals surface area (Å²) in [5, 5.41) is 19.8. The van der Waals surface area contributed by atoms with Gasteiger partial charge in [-0.3, -0.25) is 9.39 Å². The Hall–Kier alpha value is -2.24. The van der Waals surface area contributed by atoms with Crippen LogP contribution in [0.4, 0.5) is 0 Å². The van der Waals surface area contributed by atoms with Crippen molar-refractivity contribution >= 4 is 35.6 Å². The summed E-state index contributed by atoms with van der Waals surface area (Å²) in [7, 11) is 1.80. The average molecular weight is 495 g/mol. The Morgan fingerprint density at radius 2 is 2.21 bits per heavy atom. The van der Waals surface area contributed by atoms with Gasteiger partial charge in [-0.2, -0.15) is 5.10 Å². The normalized spacial score (nSPS) is 16.5. The van der Waals surface area contributed by atoms with E-state index in [1.165, 1.54) is 0 Å². The molecule has 0 fully saturated rings. The largest absolute Gasteiger partial charge is 0.356 e. The van der Waals surface area contributed by atoms with Crippen LogP contribution in [0.2, 0.25) is 0 Å². The molecule has 2 N–H and O–H groups in total. The summed E-state index contributed by atoms with van der Waals surface area (Å²) in [4.78, 5) is 8.80. The summed E-state index contributed by atoms with van der Waals surface area (Å²) in [6, 6.07) is 6.24. The van der Waals surface area contributed by atoms with Crippen LogP contribution in [0, 0.1) is 6.92 Å². The van der Waals surface area contributed by atoms with Gasteiger partial charge in [-0.25, -0.2) is 9.67 Å². The number of halogens is 1. The van der Waals surface area contributed by atoms with Crippen molar-refractivity contribution in [2.75, 3.05) is 13.6 Å². The molecular weight excluding hydrogens is 469 g/mol.